The number of oxazole rings is 1. The van der Waals surface area contributed by atoms with Crippen molar-refractivity contribution in [3.63, 3.8) is 0 Å². The summed E-state index contributed by atoms with van der Waals surface area (Å²) in [5.41, 5.74) is 9.68. The Morgan fingerprint density at radius 3 is 2.60 bits per heavy atom. The zero-order valence-electron chi connectivity index (χ0n) is 24.0. The van der Waals surface area contributed by atoms with Crippen LogP contribution in [0, 0.1) is 0 Å². The molecule has 0 spiro atoms. The van der Waals surface area contributed by atoms with Gasteiger partial charge in [0.2, 0.25) is 11.8 Å². The van der Waals surface area contributed by atoms with Gasteiger partial charge in [0.05, 0.1) is 17.6 Å². The van der Waals surface area contributed by atoms with Crippen molar-refractivity contribution in [3.8, 4) is 34.2 Å². The van der Waals surface area contributed by atoms with Crippen LogP contribution in [0.15, 0.2) is 90.0 Å². The molecule has 5 aromatic rings. The molecule has 0 unspecified atom stereocenters. The van der Waals surface area contributed by atoms with Crippen molar-refractivity contribution in [1.29, 1.82) is 0 Å². The Bertz CT molecular complexity index is 1760. The topological polar surface area (TPSA) is 116 Å². The summed E-state index contributed by atoms with van der Waals surface area (Å²) in [5, 5.41) is 0.722. The SMILES string of the molecule is CN(C/C=C/C(=O)N1CC[C@@H](n2c(-c3ncco3)c(-c3ccc(Oc4ccccc4)cc3)c3c(N)ncnc32)C1)C1CC1. The number of likely N-dealkylation sites (tertiary alicyclic amines) is 1. The quantitative estimate of drug-likeness (QED) is 0.228. The Morgan fingerprint density at radius 2 is 1.86 bits per heavy atom. The van der Waals surface area contributed by atoms with Gasteiger partial charge in [-0.05, 0) is 56.1 Å². The predicted octanol–water partition coefficient (Wildman–Crippen LogP) is 5.55. The van der Waals surface area contributed by atoms with E-state index in [1.807, 2.05) is 65.6 Å². The molecule has 218 valence electrons. The maximum atomic E-state index is 13.1. The molecule has 4 heterocycles. The minimum Gasteiger partial charge on any atom is -0.457 e. The summed E-state index contributed by atoms with van der Waals surface area (Å²) in [6.45, 7) is 1.95. The lowest BCUT2D eigenvalue weighted by atomic mass is 10.0. The van der Waals surface area contributed by atoms with Crippen LogP contribution in [0.4, 0.5) is 5.82 Å². The molecule has 0 radical (unpaired) electrons. The van der Waals surface area contributed by atoms with Crippen LogP contribution in [0.3, 0.4) is 0 Å². The van der Waals surface area contributed by atoms with Gasteiger partial charge in [-0.15, -0.1) is 0 Å². The van der Waals surface area contributed by atoms with E-state index in [1.165, 1.54) is 19.2 Å². The van der Waals surface area contributed by atoms with E-state index in [1.54, 1.807) is 18.5 Å². The normalized spacial score (nSPS) is 17.0. The molecule has 0 bridgehead atoms. The highest BCUT2D eigenvalue weighted by molar-refractivity contribution is 6.07. The van der Waals surface area contributed by atoms with Crippen LogP contribution in [0.2, 0.25) is 0 Å². The van der Waals surface area contributed by atoms with Crippen molar-refractivity contribution in [2.45, 2.75) is 31.3 Å². The van der Waals surface area contributed by atoms with Crippen molar-refractivity contribution < 1.29 is 13.9 Å². The van der Waals surface area contributed by atoms with Gasteiger partial charge in [0.1, 0.15) is 41.2 Å². The fourth-order valence-electron chi connectivity index (χ4n) is 5.90. The Labute approximate surface area is 249 Å². The summed E-state index contributed by atoms with van der Waals surface area (Å²) in [6, 6.07) is 18.1. The first-order valence-electron chi connectivity index (χ1n) is 14.6. The van der Waals surface area contributed by atoms with Gasteiger partial charge in [0.15, 0.2) is 0 Å². The van der Waals surface area contributed by atoms with Crippen LogP contribution in [-0.4, -0.2) is 67.9 Å². The number of para-hydroxylation sites is 1. The summed E-state index contributed by atoms with van der Waals surface area (Å²) >= 11 is 0. The summed E-state index contributed by atoms with van der Waals surface area (Å²) in [5.74, 6) is 2.30. The third kappa shape index (κ3) is 5.37. The van der Waals surface area contributed by atoms with Crippen molar-refractivity contribution in [3.05, 3.63) is 85.5 Å². The number of rotatable bonds is 9. The molecule has 2 aliphatic rings. The monoisotopic (exact) mass is 575 g/mol. The number of amides is 1. The molecule has 3 aromatic heterocycles. The van der Waals surface area contributed by atoms with Crippen LogP contribution < -0.4 is 10.5 Å². The lowest BCUT2D eigenvalue weighted by Gasteiger charge is -2.18. The first kappa shape index (κ1) is 26.9. The minimum absolute atomic E-state index is 0.0178. The van der Waals surface area contributed by atoms with E-state index in [2.05, 4.69) is 26.5 Å². The molecule has 1 aliphatic heterocycles. The Kier molecular flexibility index (Phi) is 7.12. The van der Waals surface area contributed by atoms with E-state index in [9.17, 15) is 4.79 Å². The smallest absolute Gasteiger partial charge is 0.246 e. The highest BCUT2D eigenvalue weighted by atomic mass is 16.5. The van der Waals surface area contributed by atoms with Crippen molar-refractivity contribution in [2.24, 2.45) is 0 Å². The number of benzene rings is 2. The Hall–Kier alpha value is -4.96. The van der Waals surface area contributed by atoms with Crippen molar-refractivity contribution >= 4 is 22.8 Å². The number of anilines is 1. The Morgan fingerprint density at radius 1 is 1.07 bits per heavy atom. The molecule has 1 saturated carbocycles. The fourth-order valence-corrected chi connectivity index (χ4v) is 5.90. The first-order valence-corrected chi connectivity index (χ1v) is 14.6. The zero-order chi connectivity index (χ0) is 29.3. The first-order chi connectivity index (χ1) is 21.1. The van der Waals surface area contributed by atoms with Gasteiger partial charge >= 0.3 is 0 Å². The zero-order valence-corrected chi connectivity index (χ0v) is 24.0. The third-order valence-corrected chi connectivity index (χ3v) is 8.23. The maximum absolute atomic E-state index is 13.1. The van der Waals surface area contributed by atoms with E-state index in [-0.39, 0.29) is 11.9 Å². The highest BCUT2D eigenvalue weighted by Crippen LogP contribution is 2.45. The number of nitrogens with two attached hydrogens (primary N) is 1. The molecule has 7 rings (SSSR count). The number of carbonyl (C=O) groups is 1. The van der Waals surface area contributed by atoms with E-state index < -0.39 is 0 Å². The number of hydrogen-bond acceptors (Lipinski definition) is 8. The third-order valence-electron chi connectivity index (χ3n) is 8.23. The van der Waals surface area contributed by atoms with Crippen LogP contribution in [0.25, 0.3) is 33.7 Å². The number of likely N-dealkylation sites (N-methyl/N-ethyl adjacent to an activating group) is 1. The maximum Gasteiger partial charge on any atom is 0.246 e. The van der Waals surface area contributed by atoms with Gasteiger partial charge in [0.25, 0.3) is 0 Å². The highest BCUT2D eigenvalue weighted by Gasteiger charge is 2.34. The number of nitrogen functional groups attached to an aromatic ring is 1. The van der Waals surface area contributed by atoms with Gasteiger partial charge in [-0.3, -0.25) is 9.69 Å². The molecule has 1 aliphatic carbocycles. The van der Waals surface area contributed by atoms with E-state index in [0.717, 1.165) is 40.9 Å². The molecule has 1 saturated heterocycles. The molecule has 43 heavy (non-hydrogen) atoms. The number of aromatic nitrogens is 4. The van der Waals surface area contributed by atoms with Crippen LogP contribution in [0.1, 0.15) is 25.3 Å². The van der Waals surface area contributed by atoms with Gasteiger partial charge in [-0.2, -0.15) is 0 Å². The molecule has 1 amide bonds. The molecular weight excluding hydrogens is 542 g/mol. The van der Waals surface area contributed by atoms with E-state index in [0.29, 0.717) is 42.2 Å². The second-order valence-corrected chi connectivity index (χ2v) is 11.1. The molecular formula is C33H33N7O3. The summed E-state index contributed by atoms with van der Waals surface area (Å²) in [7, 11) is 2.11. The number of fused-ring (bicyclic) bond motifs is 1. The second kappa shape index (κ2) is 11.4. The van der Waals surface area contributed by atoms with Crippen LogP contribution in [-0.2, 0) is 4.79 Å². The fraction of sp³-hybridized carbons (Fsp3) is 0.273. The largest absolute Gasteiger partial charge is 0.457 e. The van der Waals surface area contributed by atoms with Gasteiger partial charge in [-0.1, -0.05) is 36.4 Å². The average Bonchev–Trinajstić information content (AvgIpc) is 3.38. The molecule has 2 fully saturated rings. The molecule has 2 N–H and O–H groups in total. The molecule has 2 aromatic carbocycles. The summed E-state index contributed by atoms with van der Waals surface area (Å²) in [6.07, 6.45) is 11.6. The standard InChI is InChI=1S/C33H33N7O3/c1-38(23-11-12-23)17-5-8-27(41)39-18-15-24(20-39)40-30(33-35-16-19-42-33)28(29-31(34)36-21-37-32(29)40)22-9-13-26(14-10-22)43-25-6-3-2-4-7-25/h2-10,13-14,16,19,21,23-24H,11-12,15,17-18,20H2,1H3,(H2,34,36,37)/b8-5+/t24-/m1/s1. The van der Waals surface area contributed by atoms with Gasteiger partial charge in [-0.25, -0.2) is 15.0 Å². The number of ether oxygens (including phenoxy) is 1. The summed E-state index contributed by atoms with van der Waals surface area (Å²) in [4.78, 5) is 30.9. The predicted molar refractivity (Wildman–Crippen MR) is 164 cm³/mol. The number of carbonyl (C=O) groups excluding carboxylic acids is 1. The second-order valence-electron chi connectivity index (χ2n) is 11.1. The number of hydrogen-bond donors (Lipinski definition) is 1. The molecule has 10 nitrogen and oxygen atoms in total. The lowest BCUT2D eigenvalue weighted by Crippen LogP contribution is -2.28. The van der Waals surface area contributed by atoms with Crippen LogP contribution >= 0.6 is 0 Å². The lowest BCUT2D eigenvalue weighted by molar-refractivity contribution is -0.125. The Balaban J connectivity index is 1.24. The summed E-state index contributed by atoms with van der Waals surface area (Å²) < 4.78 is 14.0. The van der Waals surface area contributed by atoms with Crippen LogP contribution in [0.5, 0.6) is 11.5 Å². The average molecular weight is 576 g/mol. The van der Waals surface area contributed by atoms with E-state index in [4.69, 9.17) is 19.9 Å². The van der Waals surface area contributed by atoms with E-state index >= 15 is 0 Å². The molecule has 1 atom stereocenters. The van der Waals surface area contributed by atoms with Crippen molar-refractivity contribution in [2.75, 3.05) is 32.4 Å². The minimum atomic E-state index is -0.0559. The van der Waals surface area contributed by atoms with Gasteiger partial charge in [0, 0.05) is 37.3 Å². The van der Waals surface area contributed by atoms with Crippen molar-refractivity contribution in [1.82, 2.24) is 29.3 Å². The molecule has 10 heteroatoms. The van der Waals surface area contributed by atoms with Gasteiger partial charge < -0.3 is 24.4 Å². The number of nitrogens with zero attached hydrogens (tertiary/aromatic N) is 6.